The molecule has 1 aromatic rings. The summed E-state index contributed by atoms with van der Waals surface area (Å²) in [7, 11) is -3.67. The molecule has 20 heavy (non-hydrogen) atoms. The molecule has 0 N–H and O–H groups in total. The van der Waals surface area contributed by atoms with E-state index in [0.717, 1.165) is 19.3 Å². The van der Waals surface area contributed by atoms with E-state index in [4.69, 9.17) is 0 Å². The van der Waals surface area contributed by atoms with Crippen LogP contribution in [0.15, 0.2) is 38.6 Å². The minimum absolute atomic E-state index is 0.202. The van der Waals surface area contributed by atoms with E-state index in [-0.39, 0.29) is 4.90 Å². The van der Waals surface area contributed by atoms with Crippen molar-refractivity contribution in [2.75, 3.05) is 6.54 Å². The average Bonchev–Trinajstić information content (AvgIpc) is 2.65. The van der Waals surface area contributed by atoms with Crippen LogP contribution in [0.25, 0.3) is 0 Å². The zero-order chi connectivity index (χ0) is 14.6. The molecular formula is C13H15BrN2O3S. The van der Waals surface area contributed by atoms with Gasteiger partial charge in [0, 0.05) is 11.0 Å². The first kappa shape index (κ1) is 15.4. The Morgan fingerprint density at radius 3 is 2.70 bits per heavy atom. The van der Waals surface area contributed by atoms with Gasteiger partial charge in [0.1, 0.15) is 6.17 Å². The third kappa shape index (κ3) is 3.17. The first-order chi connectivity index (χ1) is 9.57. The molecule has 108 valence electrons. The fraction of sp³-hybridized carbons (Fsp3) is 0.462. The molecule has 5 nitrogen and oxygen atoms in total. The van der Waals surface area contributed by atoms with Crippen LogP contribution in [0.4, 0.5) is 0 Å². The molecule has 0 aliphatic carbocycles. The number of rotatable bonds is 3. The quantitative estimate of drug-likeness (QED) is 0.616. The van der Waals surface area contributed by atoms with Crippen molar-refractivity contribution in [2.45, 2.75) is 36.7 Å². The predicted octanol–water partition coefficient (Wildman–Crippen LogP) is 2.68. The SMILES string of the molecule is O=C=NC1CCCCCN1S(=O)(=O)c1ccccc1Br. The van der Waals surface area contributed by atoms with Gasteiger partial charge in [-0.3, -0.25) is 0 Å². The molecule has 1 saturated heterocycles. The van der Waals surface area contributed by atoms with Crippen LogP contribution in [-0.2, 0) is 14.8 Å². The molecular weight excluding hydrogens is 344 g/mol. The Morgan fingerprint density at radius 1 is 1.25 bits per heavy atom. The van der Waals surface area contributed by atoms with Gasteiger partial charge in [-0.2, -0.15) is 9.30 Å². The minimum atomic E-state index is -3.67. The summed E-state index contributed by atoms with van der Waals surface area (Å²) in [6.45, 7) is 0.375. The van der Waals surface area contributed by atoms with Crippen LogP contribution in [0.3, 0.4) is 0 Å². The van der Waals surface area contributed by atoms with E-state index in [9.17, 15) is 13.2 Å². The van der Waals surface area contributed by atoms with Gasteiger partial charge >= 0.3 is 0 Å². The van der Waals surface area contributed by atoms with Gasteiger partial charge in [-0.25, -0.2) is 13.2 Å². The maximum Gasteiger partial charge on any atom is 0.246 e. The van der Waals surface area contributed by atoms with Gasteiger partial charge in [-0.1, -0.05) is 18.6 Å². The molecule has 0 spiro atoms. The summed E-state index contributed by atoms with van der Waals surface area (Å²) in [5.74, 6) is 0. The lowest BCUT2D eigenvalue weighted by atomic mass is 10.2. The van der Waals surface area contributed by atoms with E-state index >= 15 is 0 Å². The normalized spacial score (nSPS) is 20.9. The van der Waals surface area contributed by atoms with Gasteiger partial charge in [0.05, 0.1) is 4.90 Å². The average molecular weight is 359 g/mol. The molecule has 1 aliphatic heterocycles. The highest BCUT2D eigenvalue weighted by molar-refractivity contribution is 9.10. The predicted molar refractivity (Wildman–Crippen MR) is 78.4 cm³/mol. The topological polar surface area (TPSA) is 66.8 Å². The summed E-state index contributed by atoms with van der Waals surface area (Å²) in [6, 6.07) is 6.66. The number of carbonyl (C=O) groups excluding carboxylic acids is 1. The summed E-state index contributed by atoms with van der Waals surface area (Å²) < 4.78 is 27.3. The maximum atomic E-state index is 12.8. The molecule has 1 aromatic carbocycles. The second-order valence-electron chi connectivity index (χ2n) is 4.60. The standard InChI is InChI=1S/C13H15BrN2O3S/c14-11-6-3-4-7-12(11)20(18,19)16-9-5-1-2-8-13(16)15-10-17/h3-4,6-7,13H,1-2,5,8-9H2. The molecule has 0 amide bonds. The fourth-order valence-corrected chi connectivity index (χ4v) is 4.87. The van der Waals surface area contributed by atoms with Gasteiger partial charge in [-0.15, -0.1) is 0 Å². The first-order valence-corrected chi connectivity index (χ1v) is 8.64. The number of aliphatic imine (C=N–C) groups is 1. The van der Waals surface area contributed by atoms with E-state index in [0.29, 0.717) is 17.4 Å². The molecule has 1 aliphatic rings. The van der Waals surface area contributed by atoms with Gasteiger partial charge in [0.15, 0.2) is 0 Å². The molecule has 1 unspecified atom stereocenters. The Kier molecular flexibility index (Phi) is 5.10. The molecule has 1 fully saturated rings. The molecule has 1 heterocycles. The van der Waals surface area contributed by atoms with Crippen LogP contribution in [0.5, 0.6) is 0 Å². The molecule has 0 bridgehead atoms. The number of nitrogens with zero attached hydrogens (tertiary/aromatic N) is 2. The number of halogens is 1. The van der Waals surface area contributed by atoms with Crippen LogP contribution in [-0.4, -0.2) is 31.5 Å². The number of benzene rings is 1. The third-order valence-corrected chi connectivity index (χ3v) is 6.21. The Hall–Kier alpha value is -1.01. The second-order valence-corrected chi connectivity index (χ2v) is 7.31. The van der Waals surface area contributed by atoms with E-state index in [1.54, 1.807) is 24.3 Å². The lowest BCUT2D eigenvalue weighted by Gasteiger charge is -2.25. The summed E-state index contributed by atoms with van der Waals surface area (Å²) in [6.07, 6.45) is 3.97. The zero-order valence-corrected chi connectivity index (χ0v) is 13.2. The van der Waals surface area contributed by atoms with Crippen molar-refractivity contribution >= 4 is 32.0 Å². The molecule has 0 aromatic heterocycles. The highest BCUT2D eigenvalue weighted by atomic mass is 79.9. The van der Waals surface area contributed by atoms with E-state index in [2.05, 4.69) is 20.9 Å². The number of isocyanates is 1. The largest absolute Gasteiger partial charge is 0.246 e. The minimum Gasteiger partial charge on any atom is -0.211 e. The monoisotopic (exact) mass is 358 g/mol. The van der Waals surface area contributed by atoms with Crippen molar-refractivity contribution in [2.24, 2.45) is 4.99 Å². The smallest absolute Gasteiger partial charge is 0.211 e. The Bertz CT molecular complexity index is 626. The summed E-state index contributed by atoms with van der Waals surface area (Å²) in [4.78, 5) is 14.4. The molecule has 2 rings (SSSR count). The van der Waals surface area contributed by atoms with Crippen molar-refractivity contribution in [3.05, 3.63) is 28.7 Å². The van der Waals surface area contributed by atoms with Crippen molar-refractivity contribution < 1.29 is 13.2 Å². The van der Waals surface area contributed by atoms with E-state index < -0.39 is 16.2 Å². The van der Waals surface area contributed by atoms with Crippen LogP contribution in [0.2, 0.25) is 0 Å². The zero-order valence-electron chi connectivity index (χ0n) is 10.8. The van der Waals surface area contributed by atoms with E-state index in [1.165, 1.54) is 10.4 Å². The van der Waals surface area contributed by atoms with Gasteiger partial charge in [0.25, 0.3) is 0 Å². The number of hydrogen-bond acceptors (Lipinski definition) is 4. The fourth-order valence-electron chi connectivity index (χ4n) is 2.31. The van der Waals surface area contributed by atoms with Crippen molar-refractivity contribution in [1.29, 1.82) is 0 Å². The highest BCUT2D eigenvalue weighted by Crippen LogP contribution is 2.29. The number of hydrogen-bond donors (Lipinski definition) is 0. The summed E-state index contributed by atoms with van der Waals surface area (Å²) in [5, 5.41) is 0. The molecule has 7 heteroatoms. The highest BCUT2D eigenvalue weighted by Gasteiger charge is 2.33. The van der Waals surface area contributed by atoms with Crippen LogP contribution >= 0.6 is 15.9 Å². The van der Waals surface area contributed by atoms with Crippen molar-refractivity contribution in [3.8, 4) is 0 Å². The van der Waals surface area contributed by atoms with Gasteiger partial charge in [-0.05, 0) is 47.3 Å². The molecule has 0 saturated carbocycles. The Morgan fingerprint density at radius 2 is 2.00 bits per heavy atom. The molecule has 1 atom stereocenters. The lowest BCUT2D eigenvalue weighted by molar-refractivity contribution is 0.330. The van der Waals surface area contributed by atoms with Gasteiger partial charge in [0.2, 0.25) is 16.1 Å². The maximum absolute atomic E-state index is 12.8. The Balaban J connectivity index is 2.44. The third-order valence-electron chi connectivity index (χ3n) is 3.30. The van der Waals surface area contributed by atoms with Crippen LogP contribution in [0, 0.1) is 0 Å². The second kappa shape index (κ2) is 6.63. The lowest BCUT2D eigenvalue weighted by Crippen LogP contribution is -2.39. The number of sulfonamides is 1. The van der Waals surface area contributed by atoms with Gasteiger partial charge < -0.3 is 0 Å². The first-order valence-electron chi connectivity index (χ1n) is 6.40. The van der Waals surface area contributed by atoms with Crippen molar-refractivity contribution in [3.63, 3.8) is 0 Å². The van der Waals surface area contributed by atoms with Crippen molar-refractivity contribution in [1.82, 2.24) is 4.31 Å². The van der Waals surface area contributed by atoms with E-state index in [1.807, 2.05) is 0 Å². The van der Waals surface area contributed by atoms with Crippen LogP contribution in [0.1, 0.15) is 25.7 Å². The summed E-state index contributed by atoms with van der Waals surface area (Å²) in [5.41, 5.74) is 0. The summed E-state index contributed by atoms with van der Waals surface area (Å²) >= 11 is 3.26. The Labute approximate surface area is 126 Å². The van der Waals surface area contributed by atoms with Crippen LogP contribution < -0.4 is 0 Å². The molecule has 0 radical (unpaired) electrons.